The van der Waals surface area contributed by atoms with Gasteiger partial charge in [-0.25, -0.2) is 14.4 Å². The monoisotopic (exact) mass is 396 g/mol. The van der Waals surface area contributed by atoms with Gasteiger partial charge >= 0.3 is 17.9 Å². The lowest BCUT2D eigenvalue weighted by Crippen LogP contribution is -2.10. The normalized spacial score (nSPS) is 9.64. The van der Waals surface area contributed by atoms with Crippen LogP contribution in [0.5, 0.6) is 0 Å². The Kier molecular flexibility index (Phi) is 17.9. The molecule has 160 valence electrons. The third-order valence-electron chi connectivity index (χ3n) is 3.94. The minimum absolute atomic E-state index is 0.132. The summed E-state index contributed by atoms with van der Waals surface area (Å²) in [5, 5.41) is 16.8. The summed E-state index contributed by atoms with van der Waals surface area (Å²) in [4.78, 5) is 31.2. The fraction of sp³-hybridized carbons (Fsp3) is 0.591. The third kappa shape index (κ3) is 18.4. The molecule has 0 spiro atoms. The zero-order valence-corrected chi connectivity index (χ0v) is 17.4. The summed E-state index contributed by atoms with van der Waals surface area (Å²) in [5.74, 6) is -3.59. The Morgan fingerprint density at radius 2 is 1.18 bits per heavy atom. The van der Waals surface area contributed by atoms with Gasteiger partial charge in [-0.1, -0.05) is 77.9 Å². The van der Waals surface area contributed by atoms with Crippen LogP contribution in [-0.4, -0.2) is 28.1 Å². The molecular weight excluding hydrogens is 360 g/mol. The molecule has 28 heavy (non-hydrogen) atoms. The van der Waals surface area contributed by atoms with Gasteiger partial charge in [0.05, 0.1) is 0 Å². The predicted octanol–water partition coefficient (Wildman–Crippen LogP) is 5.64. The van der Waals surface area contributed by atoms with Crippen molar-refractivity contribution in [2.45, 2.75) is 84.5 Å². The van der Waals surface area contributed by atoms with Gasteiger partial charge in [-0.3, -0.25) is 0 Å². The molecule has 0 aromatic rings. The summed E-state index contributed by atoms with van der Waals surface area (Å²) in [6.45, 7) is 13.4. The summed E-state index contributed by atoms with van der Waals surface area (Å²) in [5.41, 5.74) is 0.483. The first-order valence-corrected chi connectivity index (χ1v) is 9.84. The zero-order valence-electron chi connectivity index (χ0n) is 17.4. The zero-order chi connectivity index (χ0) is 21.9. The van der Waals surface area contributed by atoms with Gasteiger partial charge in [-0.2, -0.15) is 0 Å². The lowest BCUT2D eigenvalue weighted by molar-refractivity contribution is -0.145. The molecule has 0 amide bonds. The minimum Gasteiger partial charge on any atom is -0.478 e. The summed E-state index contributed by atoms with van der Waals surface area (Å²) in [6.07, 6.45) is 13.4. The smallest absolute Gasteiger partial charge is 0.371 e. The van der Waals surface area contributed by atoms with Gasteiger partial charge in [0.25, 0.3) is 0 Å². The van der Waals surface area contributed by atoms with Gasteiger partial charge in [0.1, 0.15) is 0 Å². The van der Waals surface area contributed by atoms with Crippen molar-refractivity contribution in [2.24, 2.45) is 0 Å². The van der Waals surface area contributed by atoms with Crippen molar-refractivity contribution in [1.82, 2.24) is 0 Å². The Balaban J connectivity index is 0. The highest BCUT2D eigenvalue weighted by Crippen LogP contribution is 2.13. The van der Waals surface area contributed by atoms with Crippen LogP contribution in [0.25, 0.3) is 0 Å². The Bertz CT molecular complexity index is 509. The number of ether oxygens (including phenoxy) is 1. The van der Waals surface area contributed by atoms with Crippen LogP contribution in [0.1, 0.15) is 84.5 Å². The van der Waals surface area contributed by atoms with Crippen molar-refractivity contribution in [3.05, 3.63) is 36.6 Å². The Morgan fingerprint density at radius 3 is 1.54 bits per heavy atom. The first-order valence-electron chi connectivity index (χ1n) is 9.84. The molecule has 0 unspecified atom stereocenters. The number of rotatable bonds is 15. The third-order valence-corrected chi connectivity index (χ3v) is 3.94. The van der Waals surface area contributed by atoms with Crippen molar-refractivity contribution in [3.8, 4) is 0 Å². The van der Waals surface area contributed by atoms with E-state index < -0.39 is 23.7 Å². The summed E-state index contributed by atoms with van der Waals surface area (Å²) in [7, 11) is 0. The molecule has 0 aliphatic carbocycles. The van der Waals surface area contributed by atoms with Crippen LogP contribution < -0.4 is 0 Å². The Hall–Kier alpha value is -2.37. The lowest BCUT2D eigenvalue weighted by Gasteiger charge is -2.02. The number of carbonyl (C=O) groups is 3. The van der Waals surface area contributed by atoms with Crippen molar-refractivity contribution in [3.63, 3.8) is 0 Å². The second-order valence-corrected chi connectivity index (χ2v) is 6.74. The fourth-order valence-corrected chi connectivity index (χ4v) is 2.18. The average Bonchev–Trinajstić information content (AvgIpc) is 2.63. The van der Waals surface area contributed by atoms with E-state index in [-0.39, 0.29) is 5.57 Å². The molecule has 0 bridgehead atoms. The summed E-state index contributed by atoms with van der Waals surface area (Å²) < 4.78 is 4.24. The Labute approximate surface area is 169 Å². The van der Waals surface area contributed by atoms with E-state index in [1.807, 2.05) is 0 Å². The molecule has 0 heterocycles. The molecular formula is C22H36O6. The second kappa shape index (κ2) is 18.0. The SMILES string of the molecule is C=C(C)C(=O)OC(=C)C(=O)O.C=C(CCCCCCCCCCCC)C(=O)O. The first kappa shape index (κ1) is 27.8. The van der Waals surface area contributed by atoms with E-state index in [1.165, 1.54) is 58.3 Å². The molecule has 6 heteroatoms. The first-order chi connectivity index (χ1) is 13.1. The largest absolute Gasteiger partial charge is 0.478 e. The van der Waals surface area contributed by atoms with Gasteiger partial charge in [0.2, 0.25) is 5.76 Å². The van der Waals surface area contributed by atoms with Gasteiger partial charge in [0.15, 0.2) is 0 Å². The molecule has 0 aliphatic heterocycles. The van der Waals surface area contributed by atoms with Crippen molar-refractivity contribution < 1.29 is 29.3 Å². The van der Waals surface area contributed by atoms with E-state index >= 15 is 0 Å². The topological polar surface area (TPSA) is 101 Å². The molecule has 0 atom stereocenters. The molecule has 0 fully saturated rings. The van der Waals surface area contributed by atoms with E-state index in [2.05, 4.69) is 31.4 Å². The van der Waals surface area contributed by atoms with Gasteiger partial charge in [-0.15, -0.1) is 0 Å². The van der Waals surface area contributed by atoms with Crippen molar-refractivity contribution >= 4 is 17.9 Å². The maximum absolute atomic E-state index is 10.6. The molecule has 0 saturated heterocycles. The number of unbranched alkanes of at least 4 members (excludes halogenated alkanes) is 9. The van der Waals surface area contributed by atoms with E-state index in [4.69, 9.17) is 10.2 Å². The maximum Gasteiger partial charge on any atom is 0.371 e. The van der Waals surface area contributed by atoms with Crippen molar-refractivity contribution in [2.75, 3.05) is 0 Å². The standard InChI is InChI=1S/C15H28O2.C7H8O4/c1-3-4-5-6-7-8-9-10-11-12-13-14(2)15(16)17;1-4(2)7(10)11-5(3)6(8)9/h2-13H2,1H3,(H,16,17);1,3H2,2H3,(H,8,9). The Morgan fingerprint density at radius 1 is 0.750 bits per heavy atom. The quantitative estimate of drug-likeness (QED) is 0.161. The van der Waals surface area contributed by atoms with Crippen LogP contribution in [0.3, 0.4) is 0 Å². The van der Waals surface area contributed by atoms with Crippen LogP contribution in [0, 0.1) is 0 Å². The minimum atomic E-state index is -1.36. The number of hydrogen-bond donors (Lipinski definition) is 2. The van der Waals surface area contributed by atoms with Gasteiger partial charge < -0.3 is 14.9 Å². The highest BCUT2D eigenvalue weighted by Gasteiger charge is 2.11. The van der Waals surface area contributed by atoms with Crippen LogP contribution in [0.4, 0.5) is 0 Å². The maximum atomic E-state index is 10.6. The molecule has 2 N–H and O–H groups in total. The lowest BCUT2D eigenvalue weighted by atomic mass is 10.0. The van der Waals surface area contributed by atoms with Crippen LogP contribution in [0.15, 0.2) is 36.6 Å². The summed E-state index contributed by atoms with van der Waals surface area (Å²) >= 11 is 0. The molecule has 0 aromatic carbocycles. The van der Waals surface area contributed by atoms with Gasteiger partial charge in [-0.05, 0) is 26.3 Å². The summed E-state index contributed by atoms with van der Waals surface area (Å²) in [6, 6.07) is 0. The molecule has 6 nitrogen and oxygen atoms in total. The number of aliphatic carboxylic acids is 2. The van der Waals surface area contributed by atoms with E-state index in [0.717, 1.165) is 12.8 Å². The molecule has 0 radical (unpaired) electrons. The number of carboxylic acid groups (broad SMARTS) is 2. The number of hydrogen-bond acceptors (Lipinski definition) is 4. The molecule has 0 aromatic heterocycles. The molecule has 0 saturated carbocycles. The number of esters is 1. The average molecular weight is 397 g/mol. The van der Waals surface area contributed by atoms with E-state index in [1.54, 1.807) is 0 Å². The van der Waals surface area contributed by atoms with Crippen LogP contribution in [-0.2, 0) is 19.1 Å². The number of carbonyl (C=O) groups excluding carboxylic acids is 1. The predicted molar refractivity (Wildman–Crippen MR) is 111 cm³/mol. The second-order valence-electron chi connectivity index (χ2n) is 6.74. The fourth-order valence-electron chi connectivity index (χ4n) is 2.18. The number of carboxylic acids is 2. The highest BCUT2D eigenvalue weighted by molar-refractivity contribution is 5.93. The van der Waals surface area contributed by atoms with Crippen molar-refractivity contribution in [1.29, 1.82) is 0 Å². The molecule has 0 aliphatic rings. The van der Waals surface area contributed by atoms with E-state index in [0.29, 0.717) is 12.0 Å². The van der Waals surface area contributed by atoms with Crippen LogP contribution in [0.2, 0.25) is 0 Å². The van der Waals surface area contributed by atoms with Gasteiger partial charge in [0, 0.05) is 11.1 Å². The van der Waals surface area contributed by atoms with Crippen LogP contribution >= 0.6 is 0 Å². The molecule has 0 rings (SSSR count). The highest BCUT2D eigenvalue weighted by atomic mass is 16.6. The van der Waals surface area contributed by atoms with E-state index in [9.17, 15) is 14.4 Å².